The van der Waals surface area contributed by atoms with E-state index >= 15 is 0 Å². The Labute approximate surface area is 118 Å². The molecular formula is C16H19NOS. The molecule has 0 aliphatic heterocycles. The molecule has 19 heavy (non-hydrogen) atoms. The van der Waals surface area contributed by atoms with Crippen molar-refractivity contribution in [3.05, 3.63) is 52.5 Å². The molecule has 0 aliphatic carbocycles. The summed E-state index contributed by atoms with van der Waals surface area (Å²) in [7, 11) is 0. The number of benzene rings is 1. The fourth-order valence-corrected chi connectivity index (χ4v) is 3.05. The van der Waals surface area contributed by atoms with Gasteiger partial charge in [-0.2, -0.15) is 0 Å². The molecular weight excluding hydrogens is 254 g/mol. The predicted octanol–water partition coefficient (Wildman–Crippen LogP) is 4.42. The summed E-state index contributed by atoms with van der Waals surface area (Å²) in [6, 6.07) is 10.5. The van der Waals surface area contributed by atoms with E-state index in [1.807, 2.05) is 17.6 Å². The van der Waals surface area contributed by atoms with Crippen LogP contribution < -0.4 is 0 Å². The van der Waals surface area contributed by atoms with Gasteiger partial charge in [0.1, 0.15) is 5.78 Å². The van der Waals surface area contributed by atoms with Crippen molar-refractivity contribution < 1.29 is 4.79 Å². The number of Topliss-reactive ketones (excluding diaryl/α,β-unsaturated/α-hetero) is 1. The molecule has 1 aromatic heterocycles. The van der Waals surface area contributed by atoms with E-state index in [4.69, 9.17) is 0 Å². The quantitative estimate of drug-likeness (QED) is 0.699. The predicted molar refractivity (Wildman–Crippen MR) is 79.5 cm³/mol. The van der Waals surface area contributed by atoms with Gasteiger partial charge in [-0.25, -0.2) is 4.98 Å². The molecule has 0 saturated carbocycles. The first-order chi connectivity index (χ1) is 9.27. The van der Waals surface area contributed by atoms with E-state index in [0.717, 1.165) is 19.3 Å². The van der Waals surface area contributed by atoms with Crippen molar-refractivity contribution in [2.75, 3.05) is 0 Å². The Morgan fingerprint density at radius 2 is 2.05 bits per heavy atom. The lowest BCUT2D eigenvalue weighted by molar-refractivity contribution is -0.117. The van der Waals surface area contributed by atoms with E-state index in [1.54, 1.807) is 18.3 Å². The van der Waals surface area contributed by atoms with Gasteiger partial charge in [0.25, 0.3) is 0 Å². The highest BCUT2D eigenvalue weighted by atomic mass is 32.1. The van der Waals surface area contributed by atoms with Crippen LogP contribution >= 0.6 is 11.3 Å². The van der Waals surface area contributed by atoms with Crippen LogP contribution in [0.25, 0.3) is 0 Å². The zero-order chi connectivity index (χ0) is 13.5. The molecule has 0 N–H and O–H groups in total. The standard InChI is InChI=1S/C16H19NOS/c1-13(18)7-5-6-10-15(16-17-11-12-19-16)14-8-3-2-4-9-14/h2-4,8-9,11-12,15H,5-7,10H2,1H3. The summed E-state index contributed by atoms with van der Waals surface area (Å²) in [6.07, 6.45) is 5.67. The Hall–Kier alpha value is -1.48. The summed E-state index contributed by atoms with van der Waals surface area (Å²) < 4.78 is 0. The number of carbonyl (C=O) groups is 1. The molecule has 3 heteroatoms. The van der Waals surface area contributed by atoms with Gasteiger partial charge in [-0.1, -0.05) is 36.8 Å². The minimum Gasteiger partial charge on any atom is -0.300 e. The summed E-state index contributed by atoms with van der Waals surface area (Å²) >= 11 is 1.71. The maximum Gasteiger partial charge on any atom is 0.129 e. The van der Waals surface area contributed by atoms with Crippen molar-refractivity contribution in [1.82, 2.24) is 4.98 Å². The van der Waals surface area contributed by atoms with Crippen LogP contribution in [0.15, 0.2) is 41.9 Å². The fraction of sp³-hybridized carbons (Fsp3) is 0.375. The third kappa shape index (κ3) is 4.28. The second kappa shape index (κ2) is 7.19. The number of hydrogen-bond acceptors (Lipinski definition) is 3. The zero-order valence-electron chi connectivity index (χ0n) is 11.2. The second-order valence-electron chi connectivity index (χ2n) is 4.78. The molecule has 2 aromatic rings. The van der Waals surface area contributed by atoms with E-state index in [9.17, 15) is 4.79 Å². The Kier molecular flexibility index (Phi) is 5.28. The van der Waals surface area contributed by atoms with Gasteiger partial charge < -0.3 is 4.79 Å². The molecule has 0 bridgehead atoms. The zero-order valence-corrected chi connectivity index (χ0v) is 12.0. The van der Waals surface area contributed by atoms with Gasteiger partial charge in [0, 0.05) is 23.9 Å². The number of unbranched alkanes of at least 4 members (excludes halogenated alkanes) is 1. The lowest BCUT2D eigenvalue weighted by Crippen LogP contribution is -2.01. The third-order valence-electron chi connectivity index (χ3n) is 3.22. The van der Waals surface area contributed by atoms with Crippen molar-refractivity contribution in [2.24, 2.45) is 0 Å². The number of hydrogen-bond donors (Lipinski definition) is 0. The van der Waals surface area contributed by atoms with Crippen LogP contribution in [0.1, 0.15) is 49.1 Å². The summed E-state index contributed by atoms with van der Waals surface area (Å²) in [5.41, 5.74) is 1.32. The molecule has 0 spiro atoms. The summed E-state index contributed by atoms with van der Waals surface area (Å²) in [4.78, 5) is 15.4. The van der Waals surface area contributed by atoms with Gasteiger partial charge >= 0.3 is 0 Å². The highest BCUT2D eigenvalue weighted by Crippen LogP contribution is 2.31. The van der Waals surface area contributed by atoms with Crippen molar-refractivity contribution in [3.8, 4) is 0 Å². The highest BCUT2D eigenvalue weighted by Gasteiger charge is 2.16. The molecule has 1 unspecified atom stereocenters. The van der Waals surface area contributed by atoms with Gasteiger partial charge in [-0.05, 0) is 25.3 Å². The average molecular weight is 273 g/mol. The van der Waals surface area contributed by atoms with Crippen LogP contribution in [0.2, 0.25) is 0 Å². The van der Waals surface area contributed by atoms with Gasteiger partial charge in [0.2, 0.25) is 0 Å². The van der Waals surface area contributed by atoms with Gasteiger partial charge in [0.15, 0.2) is 0 Å². The Bertz CT molecular complexity index is 493. The molecule has 1 heterocycles. The fourth-order valence-electron chi connectivity index (χ4n) is 2.25. The molecule has 0 saturated heterocycles. The van der Waals surface area contributed by atoms with Crippen LogP contribution in [0.3, 0.4) is 0 Å². The lowest BCUT2D eigenvalue weighted by atomic mass is 9.93. The monoisotopic (exact) mass is 273 g/mol. The minimum atomic E-state index is 0.283. The smallest absolute Gasteiger partial charge is 0.129 e. The van der Waals surface area contributed by atoms with Crippen molar-refractivity contribution >= 4 is 17.1 Å². The van der Waals surface area contributed by atoms with Crippen molar-refractivity contribution in [1.29, 1.82) is 0 Å². The van der Waals surface area contributed by atoms with Gasteiger partial charge in [0.05, 0.1) is 5.01 Å². The van der Waals surface area contributed by atoms with E-state index < -0.39 is 0 Å². The van der Waals surface area contributed by atoms with Crippen LogP contribution in [-0.2, 0) is 4.79 Å². The van der Waals surface area contributed by atoms with Crippen LogP contribution in [0.4, 0.5) is 0 Å². The number of ketones is 1. The number of thiazole rings is 1. The minimum absolute atomic E-state index is 0.283. The first-order valence-corrected chi connectivity index (χ1v) is 7.59. The Morgan fingerprint density at radius 1 is 1.26 bits per heavy atom. The topological polar surface area (TPSA) is 30.0 Å². The van der Waals surface area contributed by atoms with Crippen molar-refractivity contribution in [3.63, 3.8) is 0 Å². The first-order valence-electron chi connectivity index (χ1n) is 6.71. The molecule has 0 amide bonds. The van der Waals surface area contributed by atoms with E-state index in [-0.39, 0.29) is 5.78 Å². The maximum absolute atomic E-state index is 11.0. The first kappa shape index (κ1) is 13.9. The molecule has 2 rings (SSSR count). The summed E-state index contributed by atoms with van der Waals surface area (Å²) in [6.45, 7) is 1.66. The average Bonchev–Trinajstić information content (AvgIpc) is 2.93. The highest BCUT2D eigenvalue weighted by molar-refractivity contribution is 7.09. The summed E-state index contributed by atoms with van der Waals surface area (Å²) in [5.74, 6) is 0.652. The van der Waals surface area contributed by atoms with E-state index in [2.05, 4.69) is 29.2 Å². The van der Waals surface area contributed by atoms with Crippen LogP contribution in [0, 0.1) is 0 Å². The van der Waals surface area contributed by atoms with Gasteiger partial charge in [-0.15, -0.1) is 11.3 Å². The molecule has 0 radical (unpaired) electrons. The molecule has 1 atom stereocenters. The van der Waals surface area contributed by atoms with E-state index in [0.29, 0.717) is 12.3 Å². The number of aromatic nitrogens is 1. The largest absolute Gasteiger partial charge is 0.300 e. The molecule has 100 valence electrons. The maximum atomic E-state index is 11.0. The van der Waals surface area contributed by atoms with Crippen molar-refractivity contribution in [2.45, 2.75) is 38.5 Å². The lowest BCUT2D eigenvalue weighted by Gasteiger charge is -2.14. The van der Waals surface area contributed by atoms with E-state index in [1.165, 1.54) is 10.6 Å². The second-order valence-corrected chi connectivity index (χ2v) is 5.71. The van der Waals surface area contributed by atoms with Crippen LogP contribution in [-0.4, -0.2) is 10.8 Å². The molecule has 2 nitrogen and oxygen atoms in total. The Morgan fingerprint density at radius 3 is 2.68 bits per heavy atom. The molecule has 0 aliphatic rings. The third-order valence-corrected chi connectivity index (χ3v) is 4.11. The molecule has 0 fully saturated rings. The summed E-state index contributed by atoms with van der Waals surface area (Å²) in [5, 5.41) is 3.20. The molecule has 1 aromatic carbocycles. The SMILES string of the molecule is CC(=O)CCCCC(c1ccccc1)c1nccs1. The number of nitrogens with zero attached hydrogens (tertiary/aromatic N) is 1. The van der Waals surface area contributed by atoms with Crippen LogP contribution in [0.5, 0.6) is 0 Å². The Balaban J connectivity index is 2.02. The van der Waals surface area contributed by atoms with Gasteiger partial charge in [-0.3, -0.25) is 0 Å². The number of carbonyl (C=O) groups excluding carboxylic acids is 1. The normalized spacial score (nSPS) is 12.3. The number of rotatable bonds is 7.